The van der Waals surface area contributed by atoms with Crippen molar-refractivity contribution in [2.75, 3.05) is 0 Å². The highest BCUT2D eigenvalue weighted by molar-refractivity contribution is 5.87. The van der Waals surface area contributed by atoms with Crippen molar-refractivity contribution < 1.29 is 14.6 Å². The van der Waals surface area contributed by atoms with Gasteiger partial charge in [0.2, 0.25) is 5.79 Å². The van der Waals surface area contributed by atoms with Crippen molar-refractivity contribution in [1.82, 2.24) is 30.2 Å². The van der Waals surface area contributed by atoms with Gasteiger partial charge in [-0.2, -0.15) is 0 Å². The summed E-state index contributed by atoms with van der Waals surface area (Å²) in [6.45, 7) is 5.36. The summed E-state index contributed by atoms with van der Waals surface area (Å²) >= 11 is 0. The van der Waals surface area contributed by atoms with E-state index in [0.29, 0.717) is 18.1 Å². The van der Waals surface area contributed by atoms with Crippen molar-refractivity contribution in [2.24, 2.45) is 0 Å². The van der Waals surface area contributed by atoms with Crippen molar-refractivity contribution in [3.63, 3.8) is 0 Å². The largest absolute Gasteiger partial charge is 0.429 e. The minimum Gasteiger partial charge on any atom is -0.429 e. The molecule has 170 valence electrons. The minimum atomic E-state index is -1.56. The number of nitrogens with zero attached hydrogens (tertiary/aromatic N) is 5. The lowest BCUT2D eigenvalue weighted by Crippen LogP contribution is -2.28. The van der Waals surface area contributed by atoms with E-state index in [2.05, 4.69) is 32.5 Å². The SMILES string of the molecule is CCCc1ncc(C(=O)OC(C)(C)O)n1Cc1ccc(-c2ccccc2-c2nnn[nH]2)cc1. The Labute approximate surface area is 191 Å². The molecule has 0 saturated carbocycles. The summed E-state index contributed by atoms with van der Waals surface area (Å²) in [6, 6.07) is 16.0. The van der Waals surface area contributed by atoms with Crippen molar-refractivity contribution in [3.8, 4) is 22.5 Å². The molecular formula is C24H26N6O3. The Morgan fingerprint density at radius 3 is 2.48 bits per heavy atom. The van der Waals surface area contributed by atoms with Gasteiger partial charge in [-0.15, -0.1) is 5.10 Å². The van der Waals surface area contributed by atoms with Crippen molar-refractivity contribution >= 4 is 5.97 Å². The number of tetrazole rings is 1. The number of carbonyl (C=O) groups is 1. The van der Waals surface area contributed by atoms with Gasteiger partial charge in [-0.05, 0) is 33.5 Å². The summed E-state index contributed by atoms with van der Waals surface area (Å²) in [6.07, 6.45) is 3.13. The quantitative estimate of drug-likeness (QED) is 0.313. The van der Waals surface area contributed by atoms with Gasteiger partial charge in [0.25, 0.3) is 0 Å². The lowest BCUT2D eigenvalue weighted by atomic mass is 9.98. The molecule has 2 N–H and O–H groups in total. The molecule has 2 aromatic carbocycles. The number of ether oxygens (including phenoxy) is 1. The Morgan fingerprint density at radius 1 is 1.12 bits per heavy atom. The van der Waals surface area contributed by atoms with Gasteiger partial charge in [-0.25, -0.2) is 14.9 Å². The maximum Gasteiger partial charge on any atom is 0.359 e. The van der Waals surface area contributed by atoms with E-state index in [9.17, 15) is 9.90 Å². The Bertz CT molecular complexity index is 1220. The summed E-state index contributed by atoms with van der Waals surface area (Å²) in [5.74, 6) is -0.770. The fourth-order valence-corrected chi connectivity index (χ4v) is 3.64. The molecule has 0 atom stereocenters. The highest BCUT2D eigenvalue weighted by Gasteiger charge is 2.24. The van der Waals surface area contributed by atoms with E-state index in [0.717, 1.165) is 40.9 Å². The second-order valence-electron chi connectivity index (χ2n) is 8.22. The van der Waals surface area contributed by atoms with Crippen LogP contribution >= 0.6 is 0 Å². The summed E-state index contributed by atoms with van der Waals surface area (Å²) in [5, 5.41) is 24.1. The number of carbonyl (C=O) groups excluding carboxylic acids is 1. The molecular weight excluding hydrogens is 420 g/mol. The Morgan fingerprint density at radius 2 is 1.85 bits per heavy atom. The molecule has 2 aromatic heterocycles. The van der Waals surface area contributed by atoms with Crippen LogP contribution < -0.4 is 0 Å². The average Bonchev–Trinajstić information content (AvgIpc) is 3.44. The Balaban J connectivity index is 1.62. The summed E-state index contributed by atoms with van der Waals surface area (Å²) < 4.78 is 7.00. The second kappa shape index (κ2) is 9.33. The zero-order valence-corrected chi connectivity index (χ0v) is 18.8. The normalized spacial score (nSPS) is 11.5. The van der Waals surface area contributed by atoms with Gasteiger partial charge in [-0.3, -0.25) is 0 Å². The highest BCUT2D eigenvalue weighted by Crippen LogP contribution is 2.30. The van der Waals surface area contributed by atoms with E-state index in [4.69, 9.17) is 4.74 Å². The second-order valence-corrected chi connectivity index (χ2v) is 8.22. The van der Waals surface area contributed by atoms with E-state index in [1.165, 1.54) is 20.0 Å². The molecule has 0 spiro atoms. The van der Waals surface area contributed by atoms with Crippen LogP contribution in [0.4, 0.5) is 0 Å². The fraction of sp³-hybridized carbons (Fsp3) is 0.292. The molecule has 33 heavy (non-hydrogen) atoms. The first-order valence-corrected chi connectivity index (χ1v) is 10.8. The first-order chi connectivity index (χ1) is 15.9. The number of H-pyrrole nitrogens is 1. The monoisotopic (exact) mass is 446 g/mol. The predicted molar refractivity (Wildman–Crippen MR) is 122 cm³/mol. The number of aromatic nitrogens is 6. The van der Waals surface area contributed by atoms with Crippen molar-refractivity contribution in [3.05, 3.63) is 71.8 Å². The molecule has 0 bridgehead atoms. The number of esters is 1. The van der Waals surface area contributed by atoms with E-state index in [1.807, 2.05) is 53.1 Å². The van der Waals surface area contributed by atoms with E-state index >= 15 is 0 Å². The van der Waals surface area contributed by atoms with Crippen molar-refractivity contribution in [1.29, 1.82) is 0 Å². The summed E-state index contributed by atoms with van der Waals surface area (Å²) in [4.78, 5) is 17.0. The lowest BCUT2D eigenvalue weighted by molar-refractivity contribution is -0.137. The van der Waals surface area contributed by atoms with Crippen LogP contribution in [0.15, 0.2) is 54.7 Å². The third kappa shape index (κ3) is 5.15. The minimum absolute atomic E-state index is 0.313. The number of rotatable bonds is 8. The summed E-state index contributed by atoms with van der Waals surface area (Å²) in [5.41, 5.74) is 4.25. The van der Waals surface area contributed by atoms with Gasteiger partial charge >= 0.3 is 5.97 Å². The molecule has 0 amide bonds. The van der Waals surface area contributed by atoms with Crippen LogP contribution in [0.3, 0.4) is 0 Å². The van der Waals surface area contributed by atoms with Crippen LogP contribution in [-0.4, -0.2) is 47.0 Å². The number of nitrogens with one attached hydrogen (secondary N) is 1. The predicted octanol–water partition coefficient (Wildman–Crippen LogP) is 3.62. The number of aliphatic hydroxyl groups is 1. The van der Waals surface area contributed by atoms with Gasteiger partial charge in [0.05, 0.1) is 6.20 Å². The van der Waals surface area contributed by atoms with Gasteiger partial charge in [0.15, 0.2) is 5.82 Å². The summed E-state index contributed by atoms with van der Waals surface area (Å²) in [7, 11) is 0. The van der Waals surface area contributed by atoms with Gasteiger partial charge in [-0.1, -0.05) is 55.5 Å². The molecule has 0 saturated heterocycles. The van der Waals surface area contributed by atoms with Crippen LogP contribution in [0.2, 0.25) is 0 Å². The zero-order valence-electron chi connectivity index (χ0n) is 18.8. The maximum atomic E-state index is 12.6. The fourth-order valence-electron chi connectivity index (χ4n) is 3.64. The van der Waals surface area contributed by atoms with E-state index in [-0.39, 0.29) is 0 Å². The van der Waals surface area contributed by atoms with Crippen LogP contribution in [0.1, 0.15) is 49.1 Å². The molecule has 0 aliphatic carbocycles. The zero-order chi connectivity index (χ0) is 23.4. The molecule has 0 fully saturated rings. The van der Waals surface area contributed by atoms with E-state index < -0.39 is 11.8 Å². The Hall–Kier alpha value is -3.85. The third-order valence-corrected chi connectivity index (χ3v) is 5.10. The number of benzene rings is 2. The van der Waals surface area contributed by atoms with Crippen LogP contribution in [0.25, 0.3) is 22.5 Å². The Kier molecular flexibility index (Phi) is 6.32. The molecule has 4 rings (SSSR count). The third-order valence-electron chi connectivity index (χ3n) is 5.10. The molecule has 4 aromatic rings. The average molecular weight is 447 g/mol. The number of imidazole rings is 1. The smallest absolute Gasteiger partial charge is 0.359 e. The van der Waals surface area contributed by atoms with E-state index in [1.54, 1.807) is 0 Å². The van der Waals surface area contributed by atoms with Gasteiger partial charge in [0, 0.05) is 32.4 Å². The van der Waals surface area contributed by atoms with Gasteiger partial charge < -0.3 is 14.4 Å². The first kappa shape index (κ1) is 22.3. The topological polar surface area (TPSA) is 119 Å². The number of hydrogen-bond donors (Lipinski definition) is 2. The van der Waals surface area contributed by atoms with Crippen LogP contribution in [0.5, 0.6) is 0 Å². The molecule has 0 aliphatic heterocycles. The number of aryl methyl sites for hydroxylation is 1. The molecule has 2 heterocycles. The maximum absolute atomic E-state index is 12.6. The molecule has 9 nitrogen and oxygen atoms in total. The first-order valence-electron chi connectivity index (χ1n) is 10.8. The molecule has 0 unspecified atom stereocenters. The molecule has 0 aliphatic rings. The van der Waals surface area contributed by atoms with Crippen LogP contribution in [-0.2, 0) is 17.7 Å². The number of aromatic amines is 1. The number of hydrogen-bond acceptors (Lipinski definition) is 7. The lowest BCUT2D eigenvalue weighted by Gasteiger charge is -2.19. The van der Waals surface area contributed by atoms with Crippen LogP contribution in [0, 0.1) is 0 Å². The highest BCUT2D eigenvalue weighted by atomic mass is 16.7. The standard InChI is InChI=1S/C24H26N6O3/c1-4-7-21-25-14-20(23(31)33-24(2,3)32)30(21)15-16-10-12-17(13-11-16)18-8-5-6-9-19(18)22-26-28-29-27-22/h5-6,8-14,32H,4,7,15H2,1-3H3,(H,26,27,28,29). The van der Waals surface area contributed by atoms with Gasteiger partial charge in [0.1, 0.15) is 11.5 Å². The van der Waals surface area contributed by atoms with Crippen molar-refractivity contribution in [2.45, 2.75) is 45.9 Å². The molecule has 9 heteroatoms. The molecule has 0 radical (unpaired) electrons.